The molecule has 25 heavy (non-hydrogen) atoms. The van der Waals surface area contributed by atoms with Crippen molar-refractivity contribution in [2.45, 2.75) is 37.8 Å². The van der Waals surface area contributed by atoms with Crippen LogP contribution in [0.3, 0.4) is 0 Å². The summed E-state index contributed by atoms with van der Waals surface area (Å²) >= 11 is 0. The number of aromatic hydroxyl groups is 1. The van der Waals surface area contributed by atoms with Gasteiger partial charge in [-0.3, -0.25) is 9.59 Å². The van der Waals surface area contributed by atoms with Gasteiger partial charge >= 0.3 is 5.97 Å². The molecule has 2 aromatic rings. The normalized spacial score (nSPS) is 13.2. The quantitative estimate of drug-likeness (QED) is 0.467. The second-order valence-electron chi connectivity index (χ2n) is 5.78. The number of aliphatic carboxylic acids is 1. The molecule has 8 heteroatoms. The molecule has 2 atom stereocenters. The van der Waals surface area contributed by atoms with Crippen LogP contribution in [0.15, 0.2) is 36.7 Å². The monoisotopic (exact) mass is 346 g/mol. The number of phenolic OH excluding ortho intramolecular Hbond substituents is 1. The van der Waals surface area contributed by atoms with Crippen molar-refractivity contribution in [3.63, 3.8) is 0 Å². The molecule has 0 saturated carbocycles. The Kier molecular flexibility index (Phi) is 6.53. The third-order valence-corrected chi connectivity index (χ3v) is 3.79. The Balaban J connectivity index is 1.93. The van der Waals surface area contributed by atoms with Crippen molar-refractivity contribution in [1.82, 2.24) is 15.3 Å². The third kappa shape index (κ3) is 5.92. The van der Waals surface area contributed by atoms with Crippen molar-refractivity contribution in [2.75, 3.05) is 0 Å². The summed E-state index contributed by atoms with van der Waals surface area (Å²) < 4.78 is 0. The number of aromatic amines is 1. The van der Waals surface area contributed by atoms with Crippen LogP contribution in [0.1, 0.15) is 49.2 Å². The maximum Gasteiger partial charge on any atom is 0.303 e. The number of carboxylic acids is 1. The number of benzene rings is 1. The van der Waals surface area contributed by atoms with E-state index in [0.29, 0.717) is 18.7 Å². The lowest BCUT2D eigenvalue weighted by Gasteiger charge is -2.18. The number of nitrogens with one attached hydrogen (secondary N) is 2. The SMILES string of the molecule is NC(CC(=O)NC(CCCC(=O)O)c1ncc[nH]1)c1ccc(O)cc1. The summed E-state index contributed by atoms with van der Waals surface area (Å²) in [5, 5.41) is 20.9. The highest BCUT2D eigenvalue weighted by atomic mass is 16.4. The predicted octanol–water partition coefficient (Wildman–Crippen LogP) is 1.62. The van der Waals surface area contributed by atoms with E-state index in [1.165, 1.54) is 12.1 Å². The van der Waals surface area contributed by atoms with Gasteiger partial charge in [0.15, 0.2) is 0 Å². The number of imidazole rings is 1. The van der Waals surface area contributed by atoms with E-state index >= 15 is 0 Å². The van der Waals surface area contributed by atoms with E-state index < -0.39 is 18.1 Å². The molecule has 0 aliphatic heterocycles. The van der Waals surface area contributed by atoms with Gasteiger partial charge in [-0.1, -0.05) is 12.1 Å². The van der Waals surface area contributed by atoms with Crippen molar-refractivity contribution >= 4 is 11.9 Å². The minimum atomic E-state index is -0.876. The number of phenols is 1. The van der Waals surface area contributed by atoms with Crippen LogP contribution in [0, 0.1) is 0 Å². The highest BCUT2D eigenvalue weighted by Crippen LogP contribution is 2.20. The second kappa shape index (κ2) is 8.84. The minimum Gasteiger partial charge on any atom is -0.508 e. The van der Waals surface area contributed by atoms with E-state index in [0.717, 1.165) is 5.56 Å². The van der Waals surface area contributed by atoms with Crippen LogP contribution in [0.4, 0.5) is 0 Å². The Bertz CT molecular complexity index is 685. The standard InChI is InChI=1S/C17H22N4O4/c18-13(11-4-6-12(22)7-5-11)10-15(23)21-14(2-1-3-16(24)25)17-19-8-9-20-17/h4-9,13-14,22H,1-3,10,18H2,(H,19,20)(H,21,23)(H,24,25). The molecular weight excluding hydrogens is 324 g/mol. The van der Waals surface area contributed by atoms with Gasteiger partial charge in [-0.05, 0) is 30.5 Å². The van der Waals surface area contributed by atoms with E-state index in [2.05, 4.69) is 15.3 Å². The molecule has 134 valence electrons. The Morgan fingerprint density at radius 1 is 1.28 bits per heavy atom. The molecule has 0 radical (unpaired) electrons. The summed E-state index contributed by atoms with van der Waals surface area (Å²) in [4.78, 5) is 30.0. The van der Waals surface area contributed by atoms with Crippen LogP contribution >= 0.6 is 0 Å². The average molecular weight is 346 g/mol. The first-order valence-electron chi connectivity index (χ1n) is 8.00. The third-order valence-electron chi connectivity index (χ3n) is 3.79. The first kappa shape index (κ1) is 18.5. The first-order valence-corrected chi connectivity index (χ1v) is 8.00. The van der Waals surface area contributed by atoms with Crippen LogP contribution in [0.5, 0.6) is 5.75 Å². The van der Waals surface area contributed by atoms with Crippen molar-refractivity contribution in [2.24, 2.45) is 5.73 Å². The van der Waals surface area contributed by atoms with Crippen molar-refractivity contribution in [3.8, 4) is 5.75 Å². The van der Waals surface area contributed by atoms with E-state index in [9.17, 15) is 14.7 Å². The fourth-order valence-corrected chi connectivity index (χ4v) is 2.50. The van der Waals surface area contributed by atoms with E-state index in [1.807, 2.05) is 0 Å². The number of amides is 1. The molecule has 1 aromatic carbocycles. The molecule has 1 amide bonds. The summed E-state index contributed by atoms with van der Waals surface area (Å²) in [6, 6.07) is 5.48. The fourth-order valence-electron chi connectivity index (χ4n) is 2.50. The number of hydrogen-bond donors (Lipinski definition) is 5. The molecule has 2 unspecified atom stereocenters. The minimum absolute atomic E-state index is 0.0279. The van der Waals surface area contributed by atoms with Crippen LogP contribution in [-0.2, 0) is 9.59 Å². The lowest BCUT2D eigenvalue weighted by Crippen LogP contribution is -2.32. The van der Waals surface area contributed by atoms with Crippen LogP contribution in [0.25, 0.3) is 0 Å². The van der Waals surface area contributed by atoms with Gasteiger partial charge in [-0.15, -0.1) is 0 Å². The molecule has 1 aromatic heterocycles. The molecule has 8 nitrogen and oxygen atoms in total. The summed E-state index contributed by atoms with van der Waals surface area (Å²) in [6.45, 7) is 0. The van der Waals surface area contributed by atoms with Gasteiger partial charge in [-0.25, -0.2) is 4.98 Å². The number of carbonyl (C=O) groups excluding carboxylic acids is 1. The predicted molar refractivity (Wildman–Crippen MR) is 90.6 cm³/mol. The molecule has 0 saturated heterocycles. The highest BCUT2D eigenvalue weighted by Gasteiger charge is 2.19. The Morgan fingerprint density at radius 3 is 2.60 bits per heavy atom. The molecule has 2 rings (SSSR count). The number of carbonyl (C=O) groups is 2. The molecule has 0 bridgehead atoms. The number of carboxylic acid groups (broad SMARTS) is 1. The number of aromatic nitrogens is 2. The molecular formula is C17H22N4O4. The van der Waals surface area contributed by atoms with E-state index in [-0.39, 0.29) is 24.5 Å². The number of nitrogens with two attached hydrogens (primary N) is 1. The zero-order valence-corrected chi connectivity index (χ0v) is 13.7. The van der Waals surface area contributed by atoms with Gasteiger partial charge in [0.05, 0.1) is 6.04 Å². The van der Waals surface area contributed by atoms with Crippen molar-refractivity contribution in [3.05, 3.63) is 48.0 Å². The zero-order chi connectivity index (χ0) is 18.2. The maximum absolute atomic E-state index is 12.3. The summed E-state index contributed by atoms with van der Waals surface area (Å²) in [6.07, 6.45) is 4.20. The Hall–Kier alpha value is -2.87. The van der Waals surface area contributed by atoms with E-state index in [4.69, 9.17) is 10.8 Å². The topological polar surface area (TPSA) is 141 Å². The molecule has 0 fully saturated rings. The molecule has 0 spiro atoms. The molecule has 1 heterocycles. The molecule has 6 N–H and O–H groups in total. The number of rotatable bonds is 9. The number of hydrogen-bond acceptors (Lipinski definition) is 5. The van der Waals surface area contributed by atoms with Crippen molar-refractivity contribution in [1.29, 1.82) is 0 Å². The lowest BCUT2D eigenvalue weighted by atomic mass is 10.0. The largest absolute Gasteiger partial charge is 0.508 e. The van der Waals surface area contributed by atoms with Gasteiger partial charge in [0.1, 0.15) is 11.6 Å². The summed E-state index contributed by atoms with van der Waals surface area (Å²) in [5.41, 5.74) is 6.78. The summed E-state index contributed by atoms with van der Waals surface area (Å²) in [7, 11) is 0. The van der Waals surface area contributed by atoms with Crippen LogP contribution in [-0.4, -0.2) is 32.1 Å². The van der Waals surface area contributed by atoms with Gasteiger partial charge in [0, 0.05) is 31.3 Å². The lowest BCUT2D eigenvalue weighted by molar-refractivity contribution is -0.137. The molecule has 0 aliphatic carbocycles. The number of nitrogens with zero attached hydrogens (tertiary/aromatic N) is 1. The Morgan fingerprint density at radius 2 is 2.00 bits per heavy atom. The average Bonchev–Trinajstić information content (AvgIpc) is 3.08. The van der Waals surface area contributed by atoms with Gasteiger partial charge in [0.25, 0.3) is 0 Å². The Labute approximate surface area is 145 Å². The van der Waals surface area contributed by atoms with Crippen LogP contribution < -0.4 is 11.1 Å². The van der Waals surface area contributed by atoms with Gasteiger partial charge in [-0.2, -0.15) is 0 Å². The fraction of sp³-hybridized carbons (Fsp3) is 0.353. The first-order chi connectivity index (χ1) is 12.0. The van der Waals surface area contributed by atoms with Crippen LogP contribution in [0.2, 0.25) is 0 Å². The van der Waals surface area contributed by atoms with Crippen molar-refractivity contribution < 1.29 is 19.8 Å². The number of H-pyrrole nitrogens is 1. The van der Waals surface area contributed by atoms with E-state index in [1.54, 1.807) is 24.5 Å². The maximum atomic E-state index is 12.3. The summed E-state index contributed by atoms with van der Waals surface area (Å²) in [5.74, 6) is -0.412. The smallest absolute Gasteiger partial charge is 0.303 e. The zero-order valence-electron chi connectivity index (χ0n) is 13.7. The highest BCUT2D eigenvalue weighted by molar-refractivity contribution is 5.77. The molecule has 0 aliphatic rings. The second-order valence-corrected chi connectivity index (χ2v) is 5.78. The van der Waals surface area contributed by atoms with Gasteiger partial charge in [0.2, 0.25) is 5.91 Å². The van der Waals surface area contributed by atoms with Gasteiger partial charge < -0.3 is 26.2 Å².